The summed E-state index contributed by atoms with van der Waals surface area (Å²) in [6, 6.07) is 0.636. The SMILES string of the molecule is Cc1c(NN)nc(C(C)C)nc1N(CC(C)C)C1CC1. The van der Waals surface area contributed by atoms with Gasteiger partial charge in [-0.05, 0) is 25.7 Å². The zero-order valence-corrected chi connectivity index (χ0v) is 13.3. The monoisotopic (exact) mass is 277 g/mol. The highest BCUT2D eigenvalue weighted by atomic mass is 15.3. The van der Waals surface area contributed by atoms with Crippen molar-refractivity contribution in [3.05, 3.63) is 11.4 Å². The second-order valence-corrected chi connectivity index (χ2v) is 6.46. The summed E-state index contributed by atoms with van der Waals surface area (Å²) in [7, 11) is 0. The zero-order valence-electron chi connectivity index (χ0n) is 13.3. The molecule has 0 amide bonds. The fourth-order valence-electron chi connectivity index (χ4n) is 2.39. The standard InChI is InChI=1S/C15H27N5/c1-9(2)8-20(12-6-7-12)15-11(5)14(19-16)17-13(18-15)10(3)4/h9-10,12H,6-8,16H2,1-5H3,(H,17,18,19). The second-order valence-electron chi connectivity index (χ2n) is 6.46. The molecule has 1 aliphatic rings. The molecule has 5 heteroatoms. The van der Waals surface area contributed by atoms with Gasteiger partial charge in [0.15, 0.2) is 0 Å². The predicted molar refractivity (Wildman–Crippen MR) is 83.9 cm³/mol. The highest BCUT2D eigenvalue weighted by molar-refractivity contribution is 5.59. The Morgan fingerprint density at radius 2 is 1.90 bits per heavy atom. The lowest BCUT2D eigenvalue weighted by atomic mass is 10.1. The number of hydrazine groups is 1. The van der Waals surface area contributed by atoms with Crippen molar-refractivity contribution in [1.82, 2.24) is 9.97 Å². The minimum absolute atomic E-state index is 0.293. The summed E-state index contributed by atoms with van der Waals surface area (Å²) in [6.45, 7) is 11.8. The number of nitrogens with one attached hydrogen (secondary N) is 1. The molecule has 112 valence electrons. The van der Waals surface area contributed by atoms with E-state index < -0.39 is 0 Å². The average Bonchev–Trinajstić information content (AvgIpc) is 3.20. The van der Waals surface area contributed by atoms with Crippen LogP contribution >= 0.6 is 0 Å². The van der Waals surface area contributed by atoms with Gasteiger partial charge >= 0.3 is 0 Å². The molecule has 0 radical (unpaired) electrons. The maximum atomic E-state index is 5.62. The van der Waals surface area contributed by atoms with Gasteiger partial charge < -0.3 is 10.3 Å². The van der Waals surface area contributed by atoms with Gasteiger partial charge in [-0.1, -0.05) is 27.7 Å². The summed E-state index contributed by atoms with van der Waals surface area (Å²) in [5, 5.41) is 0. The van der Waals surface area contributed by atoms with E-state index in [9.17, 15) is 0 Å². The third-order valence-corrected chi connectivity index (χ3v) is 3.61. The fraction of sp³-hybridized carbons (Fsp3) is 0.733. The van der Waals surface area contributed by atoms with Crippen LogP contribution in [0, 0.1) is 12.8 Å². The van der Waals surface area contributed by atoms with Crippen molar-refractivity contribution in [2.45, 2.75) is 59.4 Å². The number of hydrogen-bond donors (Lipinski definition) is 2. The van der Waals surface area contributed by atoms with Gasteiger partial charge in [0.2, 0.25) is 0 Å². The van der Waals surface area contributed by atoms with Crippen molar-refractivity contribution < 1.29 is 0 Å². The minimum Gasteiger partial charge on any atom is -0.353 e. The Kier molecular flexibility index (Phi) is 4.48. The molecule has 3 N–H and O–H groups in total. The van der Waals surface area contributed by atoms with E-state index in [1.807, 2.05) is 6.92 Å². The van der Waals surface area contributed by atoms with Crippen LogP contribution in [0.3, 0.4) is 0 Å². The van der Waals surface area contributed by atoms with Crippen molar-refractivity contribution in [3.8, 4) is 0 Å². The van der Waals surface area contributed by atoms with Gasteiger partial charge in [0, 0.05) is 24.1 Å². The van der Waals surface area contributed by atoms with Gasteiger partial charge in [0.05, 0.1) is 0 Å². The molecule has 0 bridgehead atoms. The van der Waals surface area contributed by atoms with Crippen LogP contribution in [0.1, 0.15) is 57.8 Å². The Bertz CT molecular complexity index is 466. The van der Waals surface area contributed by atoms with Crippen molar-refractivity contribution in [2.75, 3.05) is 16.9 Å². The van der Waals surface area contributed by atoms with E-state index in [2.05, 4.69) is 43.0 Å². The van der Waals surface area contributed by atoms with Gasteiger partial charge in [-0.2, -0.15) is 0 Å². The maximum absolute atomic E-state index is 5.62. The molecular formula is C15H27N5. The van der Waals surface area contributed by atoms with E-state index in [0.717, 1.165) is 29.6 Å². The first-order valence-corrected chi connectivity index (χ1v) is 7.55. The zero-order chi connectivity index (χ0) is 14.9. The maximum Gasteiger partial charge on any atom is 0.148 e. The molecule has 1 heterocycles. The lowest BCUT2D eigenvalue weighted by molar-refractivity contribution is 0.598. The molecule has 0 aromatic carbocycles. The number of aromatic nitrogens is 2. The van der Waals surface area contributed by atoms with E-state index in [1.165, 1.54) is 12.8 Å². The van der Waals surface area contributed by atoms with E-state index in [0.29, 0.717) is 17.9 Å². The van der Waals surface area contributed by atoms with E-state index in [1.54, 1.807) is 0 Å². The molecule has 0 saturated heterocycles. The molecule has 1 aromatic heterocycles. The molecule has 1 aliphatic carbocycles. The minimum atomic E-state index is 0.293. The smallest absolute Gasteiger partial charge is 0.148 e. The lowest BCUT2D eigenvalue weighted by Gasteiger charge is -2.28. The number of rotatable bonds is 6. The van der Waals surface area contributed by atoms with E-state index in [-0.39, 0.29) is 0 Å². The molecule has 1 aromatic rings. The van der Waals surface area contributed by atoms with Crippen LogP contribution in [0.5, 0.6) is 0 Å². The number of anilines is 2. The lowest BCUT2D eigenvalue weighted by Crippen LogP contribution is -2.32. The quantitative estimate of drug-likeness (QED) is 0.618. The van der Waals surface area contributed by atoms with Crippen LogP contribution < -0.4 is 16.2 Å². The van der Waals surface area contributed by atoms with Gasteiger partial charge in [-0.15, -0.1) is 0 Å². The average molecular weight is 277 g/mol. The molecule has 0 spiro atoms. The predicted octanol–water partition coefficient (Wildman–Crippen LogP) is 2.82. The molecule has 5 nitrogen and oxygen atoms in total. The Balaban J connectivity index is 2.43. The molecule has 0 unspecified atom stereocenters. The number of nitrogen functional groups attached to an aromatic ring is 1. The highest BCUT2D eigenvalue weighted by Crippen LogP contribution is 2.35. The summed E-state index contributed by atoms with van der Waals surface area (Å²) in [5.74, 6) is 9.18. The number of hydrogen-bond acceptors (Lipinski definition) is 5. The van der Waals surface area contributed by atoms with Crippen molar-refractivity contribution in [2.24, 2.45) is 11.8 Å². The summed E-state index contributed by atoms with van der Waals surface area (Å²) in [6.07, 6.45) is 2.52. The largest absolute Gasteiger partial charge is 0.353 e. The molecule has 0 aliphatic heterocycles. The summed E-state index contributed by atoms with van der Waals surface area (Å²) in [4.78, 5) is 11.8. The summed E-state index contributed by atoms with van der Waals surface area (Å²) >= 11 is 0. The van der Waals surface area contributed by atoms with Crippen LogP contribution in [-0.4, -0.2) is 22.6 Å². The van der Waals surface area contributed by atoms with Crippen molar-refractivity contribution in [1.29, 1.82) is 0 Å². The van der Waals surface area contributed by atoms with E-state index in [4.69, 9.17) is 10.8 Å². The van der Waals surface area contributed by atoms with E-state index >= 15 is 0 Å². The first kappa shape index (κ1) is 15.0. The Morgan fingerprint density at radius 1 is 1.25 bits per heavy atom. The van der Waals surface area contributed by atoms with Crippen LogP contribution in [0.2, 0.25) is 0 Å². The summed E-state index contributed by atoms with van der Waals surface area (Å²) in [5.41, 5.74) is 3.77. The number of nitrogens with zero attached hydrogens (tertiary/aromatic N) is 3. The second kappa shape index (κ2) is 5.95. The first-order chi connectivity index (χ1) is 9.43. The normalized spacial score (nSPS) is 15.0. The van der Waals surface area contributed by atoms with Crippen molar-refractivity contribution in [3.63, 3.8) is 0 Å². The van der Waals surface area contributed by atoms with Crippen LogP contribution in [0.15, 0.2) is 0 Å². The van der Waals surface area contributed by atoms with Crippen molar-refractivity contribution >= 4 is 11.6 Å². The topological polar surface area (TPSA) is 67.1 Å². The van der Waals surface area contributed by atoms with Crippen LogP contribution in [-0.2, 0) is 0 Å². The molecule has 1 fully saturated rings. The van der Waals surface area contributed by atoms with Crippen LogP contribution in [0.25, 0.3) is 0 Å². The Hall–Kier alpha value is -1.36. The van der Waals surface area contributed by atoms with Gasteiger partial charge in [0.25, 0.3) is 0 Å². The van der Waals surface area contributed by atoms with Gasteiger partial charge in [-0.3, -0.25) is 0 Å². The number of nitrogens with two attached hydrogens (primary N) is 1. The third-order valence-electron chi connectivity index (χ3n) is 3.61. The molecule has 2 rings (SSSR count). The molecule has 20 heavy (non-hydrogen) atoms. The van der Waals surface area contributed by atoms with Gasteiger partial charge in [0.1, 0.15) is 17.5 Å². The molecule has 1 saturated carbocycles. The molecule has 0 atom stereocenters. The Morgan fingerprint density at radius 3 is 2.35 bits per heavy atom. The Labute approximate surface area is 121 Å². The third kappa shape index (κ3) is 3.20. The first-order valence-electron chi connectivity index (χ1n) is 7.55. The summed E-state index contributed by atoms with van der Waals surface area (Å²) < 4.78 is 0. The highest BCUT2D eigenvalue weighted by Gasteiger charge is 2.32. The van der Waals surface area contributed by atoms with Crippen LogP contribution in [0.4, 0.5) is 11.6 Å². The molecular weight excluding hydrogens is 250 g/mol. The fourth-order valence-corrected chi connectivity index (χ4v) is 2.39. The van der Waals surface area contributed by atoms with Gasteiger partial charge in [-0.25, -0.2) is 15.8 Å².